The topological polar surface area (TPSA) is 72.5 Å². The smallest absolute Gasteiger partial charge is 0.238 e. The fraction of sp³-hybridized carbons (Fsp3) is 0.250. The maximum atomic E-state index is 11.9. The fourth-order valence-electron chi connectivity index (χ4n) is 1.75. The van der Waals surface area contributed by atoms with Crippen LogP contribution >= 0.6 is 24.8 Å². The molecule has 1 amide bonds. The molecule has 0 spiro atoms. The van der Waals surface area contributed by atoms with Gasteiger partial charge in [0.15, 0.2) is 5.75 Å². The van der Waals surface area contributed by atoms with Crippen molar-refractivity contribution in [1.29, 1.82) is 0 Å². The molecule has 0 saturated heterocycles. The number of carbonyl (C=O) groups excluding carboxylic acids is 1. The number of para-hydroxylation sites is 1. The van der Waals surface area contributed by atoms with Crippen LogP contribution in [0, 0.1) is 0 Å². The van der Waals surface area contributed by atoms with E-state index in [-0.39, 0.29) is 37.3 Å². The molecule has 0 radical (unpaired) electrons. The van der Waals surface area contributed by atoms with Gasteiger partial charge in [-0.3, -0.25) is 9.78 Å². The molecule has 132 valence electrons. The summed E-state index contributed by atoms with van der Waals surface area (Å²) in [5.41, 5.74) is 0.532. The fourth-order valence-corrected chi connectivity index (χ4v) is 1.75. The molecule has 2 N–H and O–H groups in total. The largest absolute Gasteiger partial charge is 0.455 e. The minimum Gasteiger partial charge on any atom is -0.455 e. The van der Waals surface area contributed by atoms with Crippen LogP contribution in [0.4, 0.5) is 5.69 Å². The molecule has 1 heterocycles. The Morgan fingerprint density at radius 1 is 1.17 bits per heavy atom. The highest BCUT2D eigenvalue weighted by atomic mass is 35.5. The third-order valence-corrected chi connectivity index (χ3v) is 2.79. The van der Waals surface area contributed by atoms with Crippen LogP contribution in [0.2, 0.25) is 0 Å². The number of hydrogen-bond acceptors (Lipinski definition) is 5. The lowest BCUT2D eigenvalue weighted by atomic mass is 10.3. The summed E-state index contributed by atoms with van der Waals surface area (Å²) in [4.78, 5) is 15.9. The van der Waals surface area contributed by atoms with E-state index in [4.69, 9.17) is 9.47 Å². The van der Waals surface area contributed by atoms with Gasteiger partial charge in [0.1, 0.15) is 11.4 Å². The van der Waals surface area contributed by atoms with E-state index in [1.807, 2.05) is 30.3 Å². The lowest BCUT2D eigenvalue weighted by Gasteiger charge is -2.12. The lowest BCUT2D eigenvalue weighted by molar-refractivity contribution is -0.115. The Hall–Kier alpha value is -1.86. The molecule has 0 aliphatic heterocycles. The van der Waals surface area contributed by atoms with Crippen molar-refractivity contribution in [2.45, 2.75) is 0 Å². The molecule has 8 heteroatoms. The Morgan fingerprint density at radius 3 is 2.62 bits per heavy atom. The quantitative estimate of drug-likeness (QED) is 0.696. The maximum absolute atomic E-state index is 11.9. The summed E-state index contributed by atoms with van der Waals surface area (Å²) in [5, 5.41) is 5.76. The number of methoxy groups -OCH3 is 1. The number of benzene rings is 1. The number of rotatable bonds is 8. The van der Waals surface area contributed by atoms with Gasteiger partial charge >= 0.3 is 0 Å². The highest BCUT2D eigenvalue weighted by Crippen LogP contribution is 2.28. The molecule has 0 unspecified atom stereocenters. The van der Waals surface area contributed by atoms with Crippen LogP contribution in [-0.4, -0.2) is 37.7 Å². The molecule has 1 aromatic heterocycles. The maximum Gasteiger partial charge on any atom is 0.238 e. The summed E-state index contributed by atoms with van der Waals surface area (Å²) in [6.45, 7) is 1.37. The minimum atomic E-state index is -0.165. The van der Waals surface area contributed by atoms with Crippen LogP contribution in [0.3, 0.4) is 0 Å². The summed E-state index contributed by atoms with van der Waals surface area (Å²) in [6, 6.07) is 11.1. The number of ether oxygens (including phenoxy) is 2. The van der Waals surface area contributed by atoms with Crippen LogP contribution < -0.4 is 15.4 Å². The first-order valence-corrected chi connectivity index (χ1v) is 6.96. The van der Waals surface area contributed by atoms with Gasteiger partial charge < -0.3 is 20.1 Å². The average molecular weight is 374 g/mol. The number of hydrogen-bond donors (Lipinski definition) is 2. The lowest BCUT2D eigenvalue weighted by Crippen LogP contribution is -2.30. The average Bonchev–Trinajstić information content (AvgIpc) is 2.54. The monoisotopic (exact) mass is 373 g/mol. The van der Waals surface area contributed by atoms with E-state index in [2.05, 4.69) is 15.6 Å². The van der Waals surface area contributed by atoms with E-state index in [1.165, 1.54) is 0 Å². The first-order valence-electron chi connectivity index (χ1n) is 6.96. The first kappa shape index (κ1) is 22.1. The van der Waals surface area contributed by atoms with E-state index in [0.717, 1.165) is 0 Å². The van der Waals surface area contributed by atoms with Gasteiger partial charge in [0.2, 0.25) is 5.91 Å². The summed E-state index contributed by atoms with van der Waals surface area (Å²) >= 11 is 0. The second-order valence-electron chi connectivity index (χ2n) is 4.50. The second-order valence-corrected chi connectivity index (χ2v) is 4.50. The molecule has 0 saturated carbocycles. The van der Waals surface area contributed by atoms with Crippen molar-refractivity contribution in [2.24, 2.45) is 0 Å². The van der Waals surface area contributed by atoms with Crippen molar-refractivity contribution in [3.05, 3.63) is 48.8 Å². The zero-order valence-electron chi connectivity index (χ0n) is 13.2. The summed E-state index contributed by atoms with van der Waals surface area (Å²) < 4.78 is 10.7. The standard InChI is InChI=1S/C16H19N3O3.2ClH/c1-21-10-9-18-12-16(20)19-14-11-17-8-7-15(14)22-13-5-3-2-4-6-13;;/h2-8,11,18H,9-10,12H2,1H3,(H,19,20);2*1H. The van der Waals surface area contributed by atoms with Gasteiger partial charge in [-0.05, 0) is 12.1 Å². The third-order valence-electron chi connectivity index (χ3n) is 2.79. The van der Waals surface area contributed by atoms with Crippen LogP contribution in [0.25, 0.3) is 0 Å². The molecule has 2 rings (SSSR count). The van der Waals surface area contributed by atoms with Crippen molar-refractivity contribution in [3.8, 4) is 11.5 Å². The number of anilines is 1. The molecular formula is C16H21Cl2N3O3. The van der Waals surface area contributed by atoms with Crippen molar-refractivity contribution in [2.75, 3.05) is 32.1 Å². The molecule has 1 aromatic carbocycles. The first-order chi connectivity index (χ1) is 10.8. The minimum absolute atomic E-state index is 0. The predicted molar refractivity (Wildman–Crippen MR) is 98.6 cm³/mol. The molecule has 0 fully saturated rings. The van der Waals surface area contributed by atoms with Crippen molar-refractivity contribution >= 4 is 36.4 Å². The number of amides is 1. The molecule has 24 heavy (non-hydrogen) atoms. The van der Waals surface area contributed by atoms with E-state index in [0.29, 0.717) is 30.3 Å². The summed E-state index contributed by atoms with van der Waals surface area (Å²) in [5.74, 6) is 1.08. The van der Waals surface area contributed by atoms with Gasteiger partial charge in [-0.2, -0.15) is 0 Å². The molecule has 0 atom stereocenters. The number of nitrogens with one attached hydrogen (secondary N) is 2. The molecule has 0 bridgehead atoms. The number of carbonyl (C=O) groups is 1. The van der Waals surface area contributed by atoms with Crippen LogP contribution in [0.1, 0.15) is 0 Å². The highest BCUT2D eigenvalue weighted by Gasteiger charge is 2.08. The van der Waals surface area contributed by atoms with Crippen LogP contribution in [0.5, 0.6) is 11.5 Å². The number of aromatic nitrogens is 1. The summed E-state index contributed by atoms with van der Waals surface area (Å²) in [6.07, 6.45) is 3.18. The van der Waals surface area contributed by atoms with Gasteiger partial charge in [0.25, 0.3) is 0 Å². The van der Waals surface area contributed by atoms with E-state index in [1.54, 1.807) is 25.6 Å². The Labute approximate surface area is 153 Å². The third kappa shape index (κ3) is 7.61. The van der Waals surface area contributed by atoms with E-state index < -0.39 is 0 Å². The summed E-state index contributed by atoms with van der Waals surface area (Å²) in [7, 11) is 1.62. The number of pyridine rings is 1. The molecule has 0 aliphatic rings. The zero-order valence-corrected chi connectivity index (χ0v) is 14.9. The zero-order chi connectivity index (χ0) is 15.6. The SMILES string of the molecule is COCCNCC(=O)Nc1cnccc1Oc1ccccc1.Cl.Cl. The van der Waals surface area contributed by atoms with Crippen molar-refractivity contribution in [1.82, 2.24) is 10.3 Å². The van der Waals surface area contributed by atoms with Gasteiger partial charge in [0.05, 0.1) is 19.3 Å². The Balaban J connectivity index is 0.00000264. The molecule has 0 aliphatic carbocycles. The second kappa shape index (κ2) is 12.5. The predicted octanol–water partition coefficient (Wildman–Crippen LogP) is 2.89. The number of nitrogens with zero attached hydrogens (tertiary/aromatic N) is 1. The van der Waals surface area contributed by atoms with Gasteiger partial charge in [-0.1, -0.05) is 18.2 Å². The number of halogens is 2. The van der Waals surface area contributed by atoms with Crippen LogP contribution in [-0.2, 0) is 9.53 Å². The normalized spacial score (nSPS) is 9.38. The van der Waals surface area contributed by atoms with Gasteiger partial charge in [0, 0.05) is 25.9 Å². The molecule has 6 nitrogen and oxygen atoms in total. The van der Waals surface area contributed by atoms with E-state index in [9.17, 15) is 4.79 Å². The Kier molecular flexibility index (Phi) is 11.6. The van der Waals surface area contributed by atoms with Crippen molar-refractivity contribution < 1.29 is 14.3 Å². The highest BCUT2D eigenvalue weighted by molar-refractivity contribution is 5.93. The van der Waals surface area contributed by atoms with Gasteiger partial charge in [-0.25, -0.2) is 0 Å². The van der Waals surface area contributed by atoms with Crippen LogP contribution in [0.15, 0.2) is 48.8 Å². The Morgan fingerprint density at radius 2 is 1.92 bits per heavy atom. The molecular weight excluding hydrogens is 353 g/mol. The van der Waals surface area contributed by atoms with Crippen molar-refractivity contribution in [3.63, 3.8) is 0 Å². The van der Waals surface area contributed by atoms with E-state index >= 15 is 0 Å². The Bertz CT molecular complexity index is 600. The molecule has 2 aromatic rings. The van der Waals surface area contributed by atoms with Gasteiger partial charge in [-0.15, -0.1) is 24.8 Å².